The van der Waals surface area contributed by atoms with E-state index in [1.165, 1.54) is 0 Å². The minimum atomic E-state index is 0.0452. The van der Waals surface area contributed by atoms with Crippen molar-refractivity contribution in [3.8, 4) is 5.75 Å². The van der Waals surface area contributed by atoms with Crippen molar-refractivity contribution < 1.29 is 9.53 Å². The van der Waals surface area contributed by atoms with Crippen molar-refractivity contribution in [3.05, 3.63) is 46.0 Å². The van der Waals surface area contributed by atoms with E-state index in [9.17, 15) is 4.79 Å². The van der Waals surface area contributed by atoms with Crippen molar-refractivity contribution in [3.63, 3.8) is 0 Å². The van der Waals surface area contributed by atoms with E-state index in [0.29, 0.717) is 17.9 Å². The maximum Gasteiger partial charge on any atom is 0.182 e. The highest BCUT2D eigenvalue weighted by atomic mass is 79.9. The van der Waals surface area contributed by atoms with Gasteiger partial charge in [0.25, 0.3) is 0 Å². The van der Waals surface area contributed by atoms with Gasteiger partial charge in [-0.05, 0) is 48.0 Å². The number of aryl methyl sites for hydroxylation is 1. The zero-order valence-electron chi connectivity index (χ0n) is 11.1. The van der Waals surface area contributed by atoms with Crippen molar-refractivity contribution in [1.82, 2.24) is 9.55 Å². The van der Waals surface area contributed by atoms with Crippen LogP contribution in [0, 0.1) is 13.8 Å². The van der Waals surface area contributed by atoms with E-state index >= 15 is 0 Å². The maximum absolute atomic E-state index is 12.2. The molecular weight excluding hydrogens is 308 g/mol. The molecule has 0 unspecified atom stereocenters. The molecule has 0 saturated heterocycles. The topological polar surface area (TPSA) is 44.1 Å². The number of imidazole rings is 1. The predicted molar refractivity (Wildman–Crippen MR) is 76.7 cm³/mol. The van der Waals surface area contributed by atoms with E-state index in [1.807, 2.05) is 18.4 Å². The molecule has 0 N–H and O–H groups in total. The molecule has 0 radical (unpaired) electrons. The number of aromatic nitrogens is 2. The summed E-state index contributed by atoms with van der Waals surface area (Å²) in [5, 5.41) is 0. The lowest BCUT2D eigenvalue weighted by molar-refractivity contribution is 0.0971. The number of ether oxygens (including phenoxy) is 1. The minimum Gasteiger partial charge on any atom is -0.496 e. The zero-order chi connectivity index (χ0) is 14.0. The van der Waals surface area contributed by atoms with Gasteiger partial charge in [-0.25, -0.2) is 4.98 Å². The van der Waals surface area contributed by atoms with Gasteiger partial charge in [0.2, 0.25) is 0 Å². The van der Waals surface area contributed by atoms with E-state index < -0.39 is 0 Å². The number of halogens is 1. The molecule has 0 fully saturated rings. The maximum atomic E-state index is 12.2. The number of ketones is 1. The number of rotatable bonds is 4. The third kappa shape index (κ3) is 2.87. The molecule has 1 heterocycles. The average molecular weight is 323 g/mol. The summed E-state index contributed by atoms with van der Waals surface area (Å²) in [5.74, 6) is 0.759. The normalized spacial score (nSPS) is 10.5. The summed E-state index contributed by atoms with van der Waals surface area (Å²) in [7, 11) is 1.60. The Balaban J connectivity index is 2.21. The van der Waals surface area contributed by atoms with E-state index in [1.54, 1.807) is 31.6 Å². The molecule has 0 aliphatic carbocycles. The van der Waals surface area contributed by atoms with Crippen LogP contribution < -0.4 is 4.74 Å². The molecule has 0 spiro atoms. The molecule has 4 nitrogen and oxygen atoms in total. The number of carbonyl (C=O) groups is 1. The molecule has 0 aliphatic rings. The summed E-state index contributed by atoms with van der Waals surface area (Å²) in [4.78, 5) is 16.4. The van der Waals surface area contributed by atoms with Crippen LogP contribution >= 0.6 is 15.9 Å². The SMILES string of the molecule is COc1ccc(C(=O)Cn2cnc(C)c2C)cc1Br. The van der Waals surface area contributed by atoms with E-state index in [2.05, 4.69) is 20.9 Å². The van der Waals surface area contributed by atoms with Crippen LogP contribution in [-0.2, 0) is 6.54 Å². The van der Waals surface area contributed by atoms with Gasteiger partial charge in [-0.1, -0.05) is 0 Å². The molecule has 1 aromatic carbocycles. The second-order valence-corrected chi connectivity index (χ2v) is 5.17. The Hall–Kier alpha value is -1.62. The molecule has 0 aliphatic heterocycles. The molecule has 0 atom stereocenters. The van der Waals surface area contributed by atoms with Gasteiger partial charge in [-0.15, -0.1) is 0 Å². The third-order valence-corrected chi connectivity index (χ3v) is 3.75. The molecule has 2 rings (SSSR count). The first-order chi connectivity index (χ1) is 9.02. The molecule has 0 bridgehead atoms. The Morgan fingerprint density at radius 3 is 2.68 bits per heavy atom. The van der Waals surface area contributed by atoms with Gasteiger partial charge in [-0.3, -0.25) is 4.79 Å². The molecular formula is C14H15BrN2O2. The van der Waals surface area contributed by atoms with Crippen LogP contribution in [0.5, 0.6) is 5.75 Å². The lowest BCUT2D eigenvalue weighted by atomic mass is 10.1. The van der Waals surface area contributed by atoms with Crippen LogP contribution in [-0.4, -0.2) is 22.4 Å². The second-order valence-electron chi connectivity index (χ2n) is 4.32. The Morgan fingerprint density at radius 2 is 2.16 bits per heavy atom. The highest BCUT2D eigenvalue weighted by Gasteiger charge is 2.11. The number of hydrogen-bond acceptors (Lipinski definition) is 3. The molecule has 1 aromatic heterocycles. The van der Waals surface area contributed by atoms with Gasteiger partial charge in [0.1, 0.15) is 5.75 Å². The van der Waals surface area contributed by atoms with Crippen molar-refractivity contribution in [2.24, 2.45) is 0 Å². The van der Waals surface area contributed by atoms with Gasteiger partial charge < -0.3 is 9.30 Å². The van der Waals surface area contributed by atoms with Gasteiger partial charge in [0.15, 0.2) is 5.78 Å². The van der Waals surface area contributed by atoms with Crippen LogP contribution in [0.4, 0.5) is 0 Å². The standard InChI is InChI=1S/C14H15BrN2O2/c1-9-10(2)17(8-16-9)7-13(18)11-4-5-14(19-3)12(15)6-11/h4-6,8H,7H2,1-3H3. The predicted octanol–water partition coefficient (Wildman–Crippen LogP) is 3.15. The first kappa shape index (κ1) is 13.8. The van der Waals surface area contributed by atoms with Gasteiger partial charge in [0, 0.05) is 11.3 Å². The first-order valence-electron chi connectivity index (χ1n) is 5.88. The fourth-order valence-electron chi connectivity index (χ4n) is 1.79. The smallest absolute Gasteiger partial charge is 0.182 e. The summed E-state index contributed by atoms with van der Waals surface area (Å²) in [6, 6.07) is 5.33. The van der Waals surface area contributed by atoms with Crippen molar-refractivity contribution in [2.45, 2.75) is 20.4 Å². The van der Waals surface area contributed by atoms with Crippen LogP contribution in [0.1, 0.15) is 21.7 Å². The fraction of sp³-hybridized carbons (Fsp3) is 0.286. The van der Waals surface area contributed by atoms with E-state index in [0.717, 1.165) is 15.9 Å². The van der Waals surface area contributed by atoms with Crippen molar-refractivity contribution >= 4 is 21.7 Å². The molecule has 2 aromatic rings. The van der Waals surface area contributed by atoms with E-state index in [-0.39, 0.29) is 5.78 Å². The van der Waals surface area contributed by atoms with Gasteiger partial charge in [0.05, 0.1) is 30.1 Å². The van der Waals surface area contributed by atoms with Gasteiger partial charge >= 0.3 is 0 Å². The second kappa shape index (κ2) is 5.57. The number of nitrogens with zero attached hydrogens (tertiary/aromatic N) is 2. The fourth-order valence-corrected chi connectivity index (χ4v) is 2.33. The number of benzene rings is 1. The average Bonchev–Trinajstić information content (AvgIpc) is 2.70. The lowest BCUT2D eigenvalue weighted by Gasteiger charge is -2.07. The van der Waals surface area contributed by atoms with Crippen LogP contribution in [0.3, 0.4) is 0 Å². The van der Waals surface area contributed by atoms with Crippen LogP contribution in [0.25, 0.3) is 0 Å². The summed E-state index contributed by atoms with van der Waals surface area (Å²) < 4.78 is 7.78. The summed E-state index contributed by atoms with van der Waals surface area (Å²) in [6.45, 7) is 4.19. The monoisotopic (exact) mass is 322 g/mol. The zero-order valence-corrected chi connectivity index (χ0v) is 12.7. The summed E-state index contributed by atoms with van der Waals surface area (Å²) >= 11 is 3.38. The molecule has 0 amide bonds. The Bertz CT molecular complexity index is 620. The molecule has 19 heavy (non-hydrogen) atoms. The van der Waals surface area contributed by atoms with Crippen molar-refractivity contribution in [2.75, 3.05) is 7.11 Å². The Kier molecular flexibility index (Phi) is 4.04. The molecule has 0 saturated carbocycles. The quantitative estimate of drug-likeness (QED) is 0.812. The summed E-state index contributed by atoms with van der Waals surface area (Å²) in [6.07, 6.45) is 1.70. The number of carbonyl (C=O) groups excluding carboxylic acids is 1. The lowest BCUT2D eigenvalue weighted by Crippen LogP contribution is -2.11. The third-order valence-electron chi connectivity index (χ3n) is 3.13. The Morgan fingerprint density at radius 1 is 1.42 bits per heavy atom. The molecule has 5 heteroatoms. The largest absolute Gasteiger partial charge is 0.496 e. The Labute approximate surface area is 120 Å². The highest BCUT2D eigenvalue weighted by molar-refractivity contribution is 9.10. The number of Topliss-reactive ketones (excluding diaryl/α,β-unsaturated/α-hetero) is 1. The van der Waals surface area contributed by atoms with Gasteiger partial charge in [-0.2, -0.15) is 0 Å². The first-order valence-corrected chi connectivity index (χ1v) is 6.67. The molecule has 100 valence electrons. The number of methoxy groups -OCH3 is 1. The van der Waals surface area contributed by atoms with Crippen LogP contribution in [0.15, 0.2) is 29.0 Å². The van der Waals surface area contributed by atoms with Crippen LogP contribution in [0.2, 0.25) is 0 Å². The van der Waals surface area contributed by atoms with E-state index in [4.69, 9.17) is 4.74 Å². The van der Waals surface area contributed by atoms with Crippen molar-refractivity contribution in [1.29, 1.82) is 0 Å². The summed E-state index contributed by atoms with van der Waals surface area (Å²) in [5.41, 5.74) is 2.61. The number of hydrogen-bond donors (Lipinski definition) is 0. The highest BCUT2D eigenvalue weighted by Crippen LogP contribution is 2.25. The minimum absolute atomic E-state index is 0.0452.